The van der Waals surface area contributed by atoms with Gasteiger partial charge in [-0.1, -0.05) is 12.1 Å². The van der Waals surface area contributed by atoms with Crippen molar-refractivity contribution in [2.75, 3.05) is 19.5 Å². The quantitative estimate of drug-likeness (QED) is 0.484. The number of aromatic nitrogens is 4. The standard InChI is InChI=1S/C19H17N5O2S2/c1-25-16-9-14(22-19(23-16)26-2)13-11-21-18(20-10-12-5-3-7-27-12)24-17(13)15-6-4-8-28-15/h3-9,11H,10H2,1-2H3,(H,20,21,24). The molecule has 4 aromatic rings. The molecule has 0 amide bonds. The molecule has 0 aliphatic rings. The normalized spacial score (nSPS) is 10.6. The second-order valence-electron chi connectivity index (χ2n) is 5.65. The van der Waals surface area contributed by atoms with Crippen LogP contribution in [-0.4, -0.2) is 34.2 Å². The molecular formula is C19H17N5O2S2. The Morgan fingerprint density at radius 1 is 1.00 bits per heavy atom. The molecule has 4 heterocycles. The Bertz CT molecular complexity index is 1030. The molecule has 4 aromatic heterocycles. The van der Waals surface area contributed by atoms with E-state index in [1.807, 2.05) is 29.0 Å². The van der Waals surface area contributed by atoms with Gasteiger partial charge in [0, 0.05) is 22.7 Å². The van der Waals surface area contributed by atoms with Gasteiger partial charge in [-0.15, -0.1) is 22.7 Å². The average Bonchev–Trinajstić information content (AvgIpc) is 3.45. The molecule has 0 bridgehead atoms. The molecule has 0 radical (unpaired) electrons. The number of thiophene rings is 2. The van der Waals surface area contributed by atoms with Crippen LogP contribution in [0.15, 0.2) is 47.3 Å². The lowest BCUT2D eigenvalue weighted by Crippen LogP contribution is -2.04. The number of hydrogen-bond donors (Lipinski definition) is 1. The summed E-state index contributed by atoms with van der Waals surface area (Å²) in [5.41, 5.74) is 2.21. The summed E-state index contributed by atoms with van der Waals surface area (Å²) in [6.45, 7) is 0.677. The van der Waals surface area contributed by atoms with Crippen molar-refractivity contribution in [3.8, 4) is 33.7 Å². The molecule has 0 unspecified atom stereocenters. The van der Waals surface area contributed by atoms with Gasteiger partial charge in [0.15, 0.2) is 0 Å². The van der Waals surface area contributed by atoms with Crippen molar-refractivity contribution in [2.24, 2.45) is 0 Å². The lowest BCUT2D eigenvalue weighted by atomic mass is 10.1. The first kappa shape index (κ1) is 18.3. The maximum Gasteiger partial charge on any atom is 0.320 e. The molecule has 0 atom stereocenters. The highest BCUT2D eigenvalue weighted by molar-refractivity contribution is 7.13. The van der Waals surface area contributed by atoms with Crippen LogP contribution in [0.1, 0.15) is 4.88 Å². The summed E-state index contributed by atoms with van der Waals surface area (Å²) in [6.07, 6.45) is 1.76. The fraction of sp³-hybridized carbons (Fsp3) is 0.158. The summed E-state index contributed by atoms with van der Waals surface area (Å²) in [4.78, 5) is 20.1. The van der Waals surface area contributed by atoms with E-state index in [0.29, 0.717) is 24.1 Å². The molecule has 28 heavy (non-hydrogen) atoms. The molecule has 0 saturated carbocycles. The Morgan fingerprint density at radius 2 is 1.86 bits per heavy atom. The summed E-state index contributed by atoms with van der Waals surface area (Å²) >= 11 is 3.30. The van der Waals surface area contributed by atoms with Crippen LogP contribution >= 0.6 is 22.7 Å². The van der Waals surface area contributed by atoms with Crippen molar-refractivity contribution in [3.63, 3.8) is 0 Å². The van der Waals surface area contributed by atoms with Crippen LogP contribution in [0.4, 0.5) is 5.95 Å². The van der Waals surface area contributed by atoms with Gasteiger partial charge in [-0.2, -0.15) is 9.97 Å². The molecule has 7 nitrogen and oxygen atoms in total. The number of ether oxygens (including phenoxy) is 2. The van der Waals surface area contributed by atoms with Crippen LogP contribution in [0.25, 0.3) is 21.8 Å². The SMILES string of the molecule is COc1cc(-c2cnc(NCc3cccs3)nc2-c2cccs2)nc(OC)n1. The van der Waals surface area contributed by atoms with Crippen molar-refractivity contribution in [2.45, 2.75) is 6.54 Å². The van der Waals surface area contributed by atoms with Gasteiger partial charge in [-0.3, -0.25) is 0 Å². The molecule has 0 aromatic carbocycles. The Morgan fingerprint density at radius 3 is 2.57 bits per heavy atom. The summed E-state index contributed by atoms with van der Waals surface area (Å²) in [7, 11) is 3.08. The molecule has 0 fully saturated rings. The smallest absolute Gasteiger partial charge is 0.320 e. The molecule has 1 N–H and O–H groups in total. The third-order valence-corrected chi connectivity index (χ3v) is 5.65. The first-order valence-corrected chi connectivity index (χ1v) is 10.2. The number of nitrogens with zero attached hydrogens (tertiary/aromatic N) is 4. The van der Waals surface area contributed by atoms with Crippen LogP contribution in [0.5, 0.6) is 11.9 Å². The molecule has 0 saturated heterocycles. The van der Waals surface area contributed by atoms with Crippen molar-refractivity contribution in [1.29, 1.82) is 0 Å². The zero-order valence-electron chi connectivity index (χ0n) is 15.2. The van der Waals surface area contributed by atoms with E-state index < -0.39 is 0 Å². The minimum Gasteiger partial charge on any atom is -0.481 e. The maximum absolute atomic E-state index is 5.27. The second-order valence-corrected chi connectivity index (χ2v) is 7.63. The predicted octanol–water partition coefficient (Wildman–Crippen LogP) is 4.35. The lowest BCUT2D eigenvalue weighted by Gasteiger charge is -2.11. The zero-order valence-corrected chi connectivity index (χ0v) is 16.9. The second kappa shape index (κ2) is 8.32. The Hall–Kier alpha value is -3.04. The minimum atomic E-state index is 0.228. The fourth-order valence-electron chi connectivity index (χ4n) is 2.57. The molecule has 9 heteroatoms. The number of rotatable bonds is 7. The molecule has 142 valence electrons. The minimum absolute atomic E-state index is 0.228. The van der Waals surface area contributed by atoms with Crippen LogP contribution in [0, 0.1) is 0 Å². The Labute approximate surface area is 170 Å². The molecule has 4 rings (SSSR count). The summed E-state index contributed by atoms with van der Waals surface area (Å²) in [5, 5.41) is 7.35. The highest BCUT2D eigenvalue weighted by Crippen LogP contribution is 2.34. The van der Waals surface area contributed by atoms with E-state index in [2.05, 4.69) is 26.3 Å². The Kier molecular flexibility index (Phi) is 5.45. The predicted molar refractivity (Wildman–Crippen MR) is 111 cm³/mol. The number of hydrogen-bond acceptors (Lipinski definition) is 9. The molecule has 0 aliphatic carbocycles. The van der Waals surface area contributed by atoms with Gasteiger partial charge in [-0.05, 0) is 22.9 Å². The van der Waals surface area contributed by atoms with Gasteiger partial charge in [0.05, 0.1) is 37.0 Å². The van der Waals surface area contributed by atoms with Crippen LogP contribution in [0.3, 0.4) is 0 Å². The molecule has 0 spiro atoms. The number of anilines is 1. The van der Waals surface area contributed by atoms with E-state index in [1.165, 1.54) is 12.0 Å². The van der Waals surface area contributed by atoms with Gasteiger partial charge in [-0.25, -0.2) is 9.97 Å². The summed E-state index contributed by atoms with van der Waals surface area (Å²) < 4.78 is 10.5. The van der Waals surface area contributed by atoms with Gasteiger partial charge in [0.1, 0.15) is 0 Å². The number of nitrogens with one attached hydrogen (secondary N) is 1. The van der Waals surface area contributed by atoms with Crippen molar-refractivity contribution < 1.29 is 9.47 Å². The van der Waals surface area contributed by atoms with Gasteiger partial charge >= 0.3 is 6.01 Å². The zero-order chi connectivity index (χ0) is 19.3. The summed E-state index contributed by atoms with van der Waals surface area (Å²) in [6, 6.07) is 10.1. The van der Waals surface area contributed by atoms with E-state index >= 15 is 0 Å². The topological polar surface area (TPSA) is 82.0 Å². The highest BCUT2D eigenvalue weighted by Gasteiger charge is 2.16. The lowest BCUT2D eigenvalue weighted by molar-refractivity contribution is 0.353. The first-order valence-electron chi connectivity index (χ1n) is 8.41. The van der Waals surface area contributed by atoms with Crippen molar-refractivity contribution in [1.82, 2.24) is 19.9 Å². The van der Waals surface area contributed by atoms with Gasteiger partial charge in [0.2, 0.25) is 11.8 Å². The number of methoxy groups -OCH3 is 2. The van der Waals surface area contributed by atoms with Crippen LogP contribution in [-0.2, 0) is 6.54 Å². The summed E-state index contributed by atoms with van der Waals surface area (Å²) in [5.74, 6) is 0.979. The molecule has 0 aliphatic heterocycles. The third kappa shape index (κ3) is 3.95. The average molecular weight is 412 g/mol. The largest absolute Gasteiger partial charge is 0.481 e. The maximum atomic E-state index is 5.27. The van der Waals surface area contributed by atoms with E-state index in [0.717, 1.165) is 16.1 Å². The first-order chi connectivity index (χ1) is 13.8. The Balaban J connectivity index is 1.74. The van der Waals surface area contributed by atoms with E-state index in [1.54, 1.807) is 42.0 Å². The van der Waals surface area contributed by atoms with Crippen molar-refractivity contribution in [3.05, 3.63) is 52.2 Å². The van der Waals surface area contributed by atoms with Crippen LogP contribution < -0.4 is 14.8 Å². The van der Waals surface area contributed by atoms with Gasteiger partial charge < -0.3 is 14.8 Å². The molecular weight excluding hydrogens is 394 g/mol. The van der Waals surface area contributed by atoms with Gasteiger partial charge in [0.25, 0.3) is 0 Å². The highest BCUT2D eigenvalue weighted by atomic mass is 32.1. The fourth-order valence-corrected chi connectivity index (χ4v) is 3.95. The van der Waals surface area contributed by atoms with Crippen molar-refractivity contribution >= 4 is 28.6 Å². The van der Waals surface area contributed by atoms with E-state index in [9.17, 15) is 0 Å². The van der Waals surface area contributed by atoms with E-state index in [-0.39, 0.29) is 6.01 Å². The van der Waals surface area contributed by atoms with E-state index in [4.69, 9.17) is 14.5 Å². The van der Waals surface area contributed by atoms with Crippen LogP contribution in [0.2, 0.25) is 0 Å². The third-order valence-electron chi connectivity index (χ3n) is 3.89. The monoisotopic (exact) mass is 411 g/mol.